The van der Waals surface area contributed by atoms with Crippen LogP contribution in [0.4, 0.5) is 5.82 Å². The minimum Gasteiger partial charge on any atom is -0.383 e. The SMILES string of the molecule is CC(C)c1cn(C(C)C)c2ncnc(N)c12. The summed E-state index contributed by atoms with van der Waals surface area (Å²) in [6, 6.07) is 0.379. The topological polar surface area (TPSA) is 56.7 Å². The lowest BCUT2D eigenvalue weighted by Gasteiger charge is -2.07. The van der Waals surface area contributed by atoms with Crippen LogP contribution in [0.1, 0.15) is 45.2 Å². The van der Waals surface area contributed by atoms with Crippen molar-refractivity contribution in [3.05, 3.63) is 18.1 Å². The lowest BCUT2D eigenvalue weighted by atomic mass is 10.0. The Labute approximate surface area is 95.5 Å². The first-order chi connectivity index (χ1) is 7.52. The maximum atomic E-state index is 5.94. The largest absolute Gasteiger partial charge is 0.383 e. The second kappa shape index (κ2) is 3.77. The monoisotopic (exact) mass is 218 g/mol. The quantitative estimate of drug-likeness (QED) is 0.843. The van der Waals surface area contributed by atoms with Gasteiger partial charge in [-0.05, 0) is 25.3 Å². The predicted octanol–water partition coefficient (Wildman–Crippen LogP) is 2.72. The standard InChI is InChI=1S/C12H18N4/c1-7(2)9-5-16(8(3)4)12-10(9)11(13)14-6-15-12/h5-8H,1-4H3,(H2,13,14,15). The van der Waals surface area contributed by atoms with E-state index in [0.717, 1.165) is 11.0 Å². The van der Waals surface area contributed by atoms with Crippen LogP contribution in [0.5, 0.6) is 0 Å². The van der Waals surface area contributed by atoms with Crippen molar-refractivity contribution < 1.29 is 0 Å². The molecule has 0 atom stereocenters. The van der Waals surface area contributed by atoms with Gasteiger partial charge in [-0.15, -0.1) is 0 Å². The highest BCUT2D eigenvalue weighted by Crippen LogP contribution is 2.31. The Morgan fingerprint density at radius 1 is 1.19 bits per heavy atom. The molecule has 0 aliphatic heterocycles. The normalized spacial score (nSPS) is 11.9. The lowest BCUT2D eigenvalue weighted by molar-refractivity contribution is 0.614. The maximum Gasteiger partial charge on any atom is 0.145 e. The molecule has 0 unspecified atom stereocenters. The fourth-order valence-electron chi connectivity index (χ4n) is 1.97. The first kappa shape index (κ1) is 10.9. The summed E-state index contributed by atoms with van der Waals surface area (Å²) in [7, 11) is 0. The molecule has 0 saturated heterocycles. The molecule has 0 bridgehead atoms. The molecule has 0 radical (unpaired) electrons. The van der Waals surface area contributed by atoms with Gasteiger partial charge in [-0.3, -0.25) is 0 Å². The lowest BCUT2D eigenvalue weighted by Crippen LogP contribution is -2.00. The van der Waals surface area contributed by atoms with Gasteiger partial charge < -0.3 is 10.3 Å². The number of anilines is 1. The predicted molar refractivity (Wildman–Crippen MR) is 66.4 cm³/mol. The third kappa shape index (κ3) is 1.54. The van der Waals surface area contributed by atoms with E-state index in [1.165, 1.54) is 11.9 Å². The molecule has 0 spiro atoms. The van der Waals surface area contributed by atoms with E-state index >= 15 is 0 Å². The third-order valence-corrected chi connectivity index (χ3v) is 2.85. The van der Waals surface area contributed by atoms with Gasteiger partial charge in [-0.1, -0.05) is 13.8 Å². The number of hydrogen-bond acceptors (Lipinski definition) is 3. The highest BCUT2D eigenvalue weighted by molar-refractivity contribution is 5.90. The Hall–Kier alpha value is -1.58. The van der Waals surface area contributed by atoms with Crippen LogP contribution < -0.4 is 5.73 Å². The van der Waals surface area contributed by atoms with Gasteiger partial charge >= 0.3 is 0 Å². The number of rotatable bonds is 2. The zero-order valence-corrected chi connectivity index (χ0v) is 10.2. The van der Waals surface area contributed by atoms with Gasteiger partial charge in [0.05, 0.1) is 5.39 Å². The smallest absolute Gasteiger partial charge is 0.145 e. The van der Waals surface area contributed by atoms with Gasteiger partial charge in [-0.2, -0.15) is 0 Å². The highest BCUT2D eigenvalue weighted by Gasteiger charge is 2.16. The summed E-state index contributed by atoms with van der Waals surface area (Å²) in [5, 5.41) is 1.01. The molecule has 2 aromatic heterocycles. The highest BCUT2D eigenvalue weighted by atomic mass is 15.1. The Balaban J connectivity index is 2.82. The first-order valence-electron chi connectivity index (χ1n) is 5.63. The van der Waals surface area contributed by atoms with E-state index in [-0.39, 0.29) is 0 Å². The first-order valence-corrected chi connectivity index (χ1v) is 5.63. The number of aromatic nitrogens is 3. The molecule has 0 aromatic carbocycles. The fourth-order valence-corrected chi connectivity index (χ4v) is 1.97. The van der Waals surface area contributed by atoms with Crippen molar-refractivity contribution in [2.45, 2.75) is 39.7 Å². The molecule has 4 heteroatoms. The summed E-state index contributed by atoms with van der Waals surface area (Å²) in [6.45, 7) is 8.60. The number of hydrogen-bond donors (Lipinski definition) is 1. The van der Waals surface area contributed by atoms with Crippen molar-refractivity contribution in [1.29, 1.82) is 0 Å². The van der Waals surface area contributed by atoms with E-state index in [1.807, 2.05) is 0 Å². The van der Waals surface area contributed by atoms with E-state index in [2.05, 4.69) is 48.4 Å². The van der Waals surface area contributed by atoms with Gasteiger partial charge in [-0.25, -0.2) is 9.97 Å². The molecule has 2 rings (SSSR count). The van der Waals surface area contributed by atoms with Crippen LogP contribution in [-0.2, 0) is 0 Å². The van der Waals surface area contributed by atoms with Crippen LogP contribution in [0.3, 0.4) is 0 Å². The molecule has 4 nitrogen and oxygen atoms in total. The zero-order valence-electron chi connectivity index (χ0n) is 10.2. The minimum absolute atomic E-state index is 0.379. The van der Waals surface area contributed by atoms with Crippen LogP contribution in [-0.4, -0.2) is 14.5 Å². The third-order valence-electron chi connectivity index (χ3n) is 2.85. The Kier molecular flexibility index (Phi) is 2.58. The molecule has 0 saturated carbocycles. The van der Waals surface area contributed by atoms with Crippen molar-refractivity contribution in [2.75, 3.05) is 5.73 Å². The maximum absolute atomic E-state index is 5.94. The van der Waals surface area contributed by atoms with Crippen molar-refractivity contribution >= 4 is 16.9 Å². The summed E-state index contributed by atoms with van der Waals surface area (Å²) in [5.41, 5.74) is 8.10. The summed E-state index contributed by atoms with van der Waals surface area (Å²) in [4.78, 5) is 8.41. The van der Waals surface area contributed by atoms with Crippen LogP contribution in [0, 0.1) is 0 Å². The number of nitrogen functional groups attached to an aromatic ring is 1. The summed E-state index contributed by atoms with van der Waals surface area (Å²) in [6.07, 6.45) is 3.67. The minimum atomic E-state index is 0.379. The fraction of sp³-hybridized carbons (Fsp3) is 0.500. The molecule has 16 heavy (non-hydrogen) atoms. The van der Waals surface area contributed by atoms with Crippen molar-refractivity contribution in [1.82, 2.24) is 14.5 Å². The molecule has 2 aromatic rings. The number of fused-ring (bicyclic) bond motifs is 1. The van der Waals surface area contributed by atoms with E-state index < -0.39 is 0 Å². The van der Waals surface area contributed by atoms with E-state index in [4.69, 9.17) is 5.73 Å². The molecular weight excluding hydrogens is 200 g/mol. The van der Waals surface area contributed by atoms with Gasteiger partial charge in [0, 0.05) is 12.2 Å². The molecule has 0 amide bonds. The zero-order chi connectivity index (χ0) is 11.9. The molecule has 86 valence electrons. The van der Waals surface area contributed by atoms with Crippen LogP contribution in [0.15, 0.2) is 12.5 Å². The summed E-state index contributed by atoms with van der Waals surface area (Å²) >= 11 is 0. The van der Waals surface area contributed by atoms with Crippen LogP contribution in [0.2, 0.25) is 0 Å². The summed E-state index contributed by atoms with van der Waals surface area (Å²) < 4.78 is 2.16. The van der Waals surface area contributed by atoms with Gasteiger partial charge in [0.15, 0.2) is 0 Å². The average molecular weight is 218 g/mol. The van der Waals surface area contributed by atoms with Gasteiger partial charge in [0.1, 0.15) is 17.8 Å². The second-order valence-electron chi connectivity index (χ2n) is 4.70. The van der Waals surface area contributed by atoms with Gasteiger partial charge in [0.25, 0.3) is 0 Å². The Morgan fingerprint density at radius 2 is 1.88 bits per heavy atom. The molecule has 2 heterocycles. The molecular formula is C12H18N4. The number of nitrogens with two attached hydrogens (primary N) is 1. The Morgan fingerprint density at radius 3 is 2.44 bits per heavy atom. The molecule has 0 aliphatic carbocycles. The van der Waals surface area contributed by atoms with Crippen molar-refractivity contribution in [2.24, 2.45) is 0 Å². The van der Waals surface area contributed by atoms with E-state index in [1.54, 1.807) is 0 Å². The number of nitrogens with zero attached hydrogens (tertiary/aromatic N) is 3. The van der Waals surface area contributed by atoms with E-state index in [0.29, 0.717) is 17.8 Å². The van der Waals surface area contributed by atoms with Crippen molar-refractivity contribution in [3.8, 4) is 0 Å². The van der Waals surface area contributed by atoms with E-state index in [9.17, 15) is 0 Å². The molecule has 2 N–H and O–H groups in total. The van der Waals surface area contributed by atoms with Crippen LogP contribution in [0.25, 0.3) is 11.0 Å². The Bertz CT molecular complexity index is 511. The molecule has 0 aliphatic rings. The van der Waals surface area contributed by atoms with Crippen molar-refractivity contribution in [3.63, 3.8) is 0 Å². The molecule has 0 fully saturated rings. The second-order valence-corrected chi connectivity index (χ2v) is 4.70. The van der Waals surface area contributed by atoms with Crippen LogP contribution >= 0.6 is 0 Å². The van der Waals surface area contributed by atoms with Gasteiger partial charge in [0.2, 0.25) is 0 Å². The average Bonchev–Trinajstić information content (AvgIpc) is 2.58. The summed E-state index contributed by atoms with van der Waals surface area (Å²) in [5.74, 6) is 1.00.